The molecule has 3 rings (SSSR count). The summed E-state index contributed by atoms with van der Waals surface area (Å²) >= 11 is 3.41. The van der Waals surface area contributed by atoms with Crippen molar-refractivity contribution in [3.05, 3.63) is 34.3 Å². The highest BCUT2D eigenvalue weighted by atomic mass is 79.9. The highest BCUT2D eigenvalue weighted by molar-refractivity contribution is 9.12. The zero-order valence-corrected chi connectivity index (χ0v) is 14.0. The second-order valence-electron chi connectivity index (χ2n) is 4.84. The summed E-state index contributed by atoms with van der Waals surface area (Å²) < 4.78 is 22.4. The monoisotopic (exact) mass is 366 g/mol. The fourth-order valence-corrected chi connectivity index (χ4v) is 3.40. The Kier molecular flexibility index (Phi) is 3.97. The fourth-order valence-electron chi connectivity index (χ4n) is 2.73. The third-order valence-corrected chi connectivity index (χ3v) is 4.56. The van der Waals surface area contributed by atoms with E-state index in [2.05, 4.69) is 15.9 Å². The maximum Gasteiger partial charge on any atom is 0.203 e. The number of benzene rings is 1. The van der Waals surface area contributed by atoms with Gasteiger partial charge in [-0.05, 0) is 34.1 Å². The molecule has 0 radical (unpaired) electrons. The number of methoxy groups -OCH3 is 3. The van der Waals surface area contributed by atoms with E-state index in [1.165, 1.54) is 0 Å². The SMILES string of the molecule is COc1ccc(C2=C(Br)C(=O)[C@@H]3C=C[C@H]2O3)c(OC)c1OC. The normalized spacial score (nSPS) is 23.0. The van der Waals surface area contributed by atoms with Gasteiger partial charge in [-0.1, -0.05) is 6.08 Å². The lowest BCUT2D eigenvalue weighted by Crippen LogP contribution is -2.29. The zero-order valence-electron chi connectivity index (χ0n) is 12.4. The Morgan fingerprint density at radius 2 is 1.68 bits per heavy atom. The van der Waals surface area contributed by atoms with E-state index < -0.39 is 6.10 Å². The predicted molar refractivity (Wildman–Crippen MR) is 84.8 cm³/mol. The Labute approximate surface area is 136 Å². The van der Waals surface area contributed by atoms with Gasteiger partial charge in [0.2, 0.25) is 11.5 Å². The Bertz CT molecular complexity index is 692. The van der Waals surface area contributed by atoms with Crippen LogP contribution in [-0.4, -0.2) is 39.3 Å². The molecule has 2 atom stereocenters. The molecule has 0 N–H and O–H groups in total. The average molecular weight is 367 g/mol. The van der Waals surface area contributed by atoms with Gasteiger partial charge < -0.3 is 18.9 Å². The molecule has 0 unspecified atom stereocenters. The number of ether oxygens (including phenoxy) is 4. The van der Waals surface area contributed by atoms with Gasteiger partial charge in [-0.2, -0.15) is 0 Å². The quantitative estimate of drug-likeness (QED) is 0.766. The van der Waals surface area contributed by atoms with Crippen molar-refractivity contribution in [2.45, 2.75) is 12.2 Å². The minimum absolute atomic E-state index is 0.100. The lowest BCUT2D eigenvalue weighted by Gasteiger charge is -2.26. The number of carbonyl (C=O) groups excluding carboxylic acids is 1. The zero-order chi connectivity index (χ0) is 15.9. The van der Waals surface area contributed by atoms with Crippen molar-refractivity contribution in [1.29, 1.82) is 0 Å². The van der Waals surface area contributed by atoms with Crippen LogP contribution in [-0.2, 0) is 9.53 Å². The van der Waals surface area contributed by atoms with E-state index in [-0.39, 0.29) is 11.9 Å². The molecule has 6 heteroatoms. The molecule has 0 saturated carbocycles. The van der Waals surface area contributed by atoms with E-state index in [9.17, 15) is 4.79 Å². The van der Waals surface area contributed by atoms with Crippen LogP contribution in [0.1, 0.15) is 5.56 Å². The maximum absolute atomic E-state index is 12.3. The summed E-state index contributed by atoms with van der Waals surface area (Å²) in [6, 6.07) is 3.61. The van der Waals surface area contributed by atoms with Crippen LogP contribution in [0.5, 0.6) is 17.2 Å². The average Bonchev–Trinajstić information content (AvgIpc) is 2.98. The van der Waals surface area contributed by atoms with Crippen molar-refractivity contribution in [2.24, 2.45) is 0 Å². The van der Waals surface area contributed by atoms with Gasteiger partial charge in [0.15, 0.2) is 11.5 Å². The number of Topliss-reactive ketones (excluding diaryl/α,β-unsaturated/α-hetero) is 1. The van der Waals surface area contributed by atoms with Crippen molar-refractivity contribution in [1.82, 2.24) is 0 Å². The smallest absolute Gasteiger partial charge is 0.203 e. The minimum atomic E-state index is -0.505. The van der Waals surface area contributed by atoms with Crippen molar-refractivity contribution in [3.8, 4) is 17.2 Å². The maximum atomic E-state index is 12.3. The number of ketones is 1. The van der Waals surface area contributed by atoms with Gasteiger partial charge in [-0.3, -0.25) is 4.79 Å². The van der Waals surface area contributed by atoms with E-state index >= 15 is 0 Å². The lowest BCUT2D eigenvalue weighted by atomic mass is 9.96. The fraction of sp³-hybridized carbons (Fsp3) is 0.312. The predicted octanol–water partition coefficient (Wildman–Crippen LogP) is 2.72. The van der Waals surface area contributed by atoms with E-state index in [0.29, 0.717) is 21.7 Å². The highest BCUT2D eigenvalue weighted by Crippen LogP contribution is 2.47. The molecular weight excluding hydrogens is 352 g/mol. The topological polar surface area (TPSA) is 54.0 Å². The molecule has 5 nitrogen and oxygen atoms in total. The van der Waals surface area contributed by atoms with E-state index in [1.807, 2.05) is 12.1 Å². The first kappa shape index (κ1) is 15.1. The molecule has 0 saturated heterocycles. The molecule has 0 amide bonds. The van der Waals surface area contributed by atoms with Gasteiger partial charge in [0.25, 0.3) is 0 Å². The molecule has 2 heterocycles. The first-order valence-corrected chi connectivity index (χ1v) is 7.48. The first-order chi connectivity index (χ1) is 10.6. The van der Waals surface area contributed by atoms with Crippen LogP contribution in [0, 0.1) is 0 Å². The van der Waals surface area contributed by atoms with E-state index in [4.69, 9.17) is 18.9 Å². The van der Waals surface area contributed by atoms with Crippen molar-refractivity contribution in [3.63, 3.8) is 0 Å². The van der Waals surface area contributed by atoms with E-state index in [0.717, 1.165) is 11.1 Å². The van der Waals surface area contributed by atoms with Crippen LogP contribution in [0.2, 0.25) is 0 Å². The van der Waals surface area contributed by atoms with Gasteiger partial charge in [-0.15, -0.1) is 0 Å². The van der Waals surface area contributed by atoms with Gasteiger partial charge in [0.1, 0.15) is 12.2 Å². The van der Waals surface area contributed by atoms with Crippen LogP contribution in [0.4, 0.5) is 0 Å². The molecule has 22 heavy (non-hydrogen) atoms. The van der Waals surface area contributed by atoms with Crippen molar-refractivity contribution >= 4 is 27.3 Å². The number of carbonyl (C=O) groups is 1. The van der Waals surface area contributed by atoms with Crippen LogP contribution < -0.4 is 14.2 Å². The molecule has 0 spiro atoms. The summed E-state index contributed by atoms with van der Waals surface area (Å²) in [5.41, 5.74) is 1.46. The first-order valence-electron chi connectivity index (χ1n) is 6.69. The molecular formula is C16H15BrO5. The molecule has 2 aliphatic heterocycles. The second-order valence-corrected chi connectivity index (χ2v) is 5.63. The number of fused-ring (bicyclic) bond motifs is 2. The van der Waals surface area contributed by atoms with Crippen LogP contribution in [0.15, 0.2) is 28.8 Å². The molecule has 2 bridgehead atoms. The van der Waals surface area contributed by atoms with Crippen LogP contribution in [0.3, 0.4) is 0 Å². The minimum Gasteiger partial charge on any atom is -0.493 e. The molecule has 1 aromatic rings. The lowest BCUT2D eigenvalue weighted by molar-refractivity contribution is -0.123. The van der Waals surface area contributed by atoms with Crippen molar-refractivity contribution in [2.75, 3.05) is 21.3 Å². The molecule has 0 aromatic heterocycles. The second kappa shape index (κ2) is 5.78. The molecule has 116 valence electrons. The number of hydrogen-bond donors (Lipinski definition) is 0. The molecule has 0 aliphatic carbocycles. The largest absolute Gasteiger partial charge is 0.493 e. The van der Waals surface area contributed by atoms with E-state index in [1.54, 1.807) is 33.5 Å². The third-order valence-electron chi connectivity index (χ3n) is 3.74. The summed E-state index contributed by atoms with van der Waals surface area (Å²) in [4.78, 5) is 12.3. The molecule has 0 fully saturated rings. The standard InChI is InChI=1S/C16H15BrO5/c1-19-11-5-4-8(15(20-2)16(11)21-3)12-9-6-7-10(22-9)14(18)13(12)17/h4-7,9-10H,1-3H3/t9-,10+/m1/s1. The number of halogens is 1. The summed E-state index contributed by atoms with van der Waals surface area (Å²) in [5, 5.41) is 0. The summed E-state index contributed by atoms with van der Waals surface area (Å²) in [6.07, 6.45) is 2.86. The highest BCUT2D eigenvalue weighted by Gasteiger charge is 2.39. The van der Waals surface area contributed by atoms with Gasteiger partial charge in [0.05, 0.1) is 25.8 Å². The Hall–Kier alpha value is -1.79. The summed E-state index contributed by atoms with van der Waals surface area (Å²) in [5.74, 6) is 1.44. The Morgan fingerprint density at radius 3 is 2.32 bits per heavy atom. The van der Waals surface area contributed by atoms with Crippen LogP contribution in [0.25, 0.3) is 5.57 Å². The third kappa shape index (κ3) is 2.14. The Morgan fingerprint density at radius 1 is 1.00 bits per heavy atom. The molecule has 1 aromatic carbocycles. The number of hydrogen-bond acceptors (Lipinski definition) is 5. The van der Waals surface area contributed by atoms with Gasteiger partial charge in [0, 0.05) is 11.1 Å². The Balaban J connectivity index is 2.22. The summed E-state index contributed by atoms with van der Waals surface area (Å²) in [7, 11) is 4.65. The number of rotatable bonds is 4. The molecule has 2 aliphatic rings. The summed E-state index contributed by atoms with van der Waals surface area (Å²) in [6.45, 7) is 0. The van der Waals surface area contributed by atoms with Crippen LogP contribution >= 0.6 is 15.9 Å². The van der Waals surface area contributed by atoms with Gasteiger partial charge in [-0.25, -0.2) is 0 Å². The van der Waals surface area contributed by atoms with Gasteiger partial charge >= 0.3 is 0 Å². The van der Waals surface area contributed by atoms with Crippen molar-refractivity contribution < 1.29 is 23.7 Å².